The number of amides is 1. The molecule has 1 saturated heterocycles. The van der Waals surface area contributed by atoms with E-state index in [0.29, 0.717) is 34.4 Å². The topological polar surface area (TPSA) is 58.6 Å². The lowest BCUT2D eigenvalue weighted by Gasteiger charge is -2.41. The Balaban J connectivity index is 1.41. The normalized spacial score (nSPS) is 21.5. The molecule has 3 fully saturated rings. The molecule has 210 valence electrons. The highest BCUT2D eigenvalue weighted by atomic mass is 19.1. The zero-order chi connectivity index (χ0) is 27.5. The largest absolute Gasteiger partial charge is 0.497 e. The van der Waals surface area contributed by atoms with Crippen LogP contribution in [0.3, 0.4) is 0 Å². The molecule has 2 saturated carbocycles. The molecule has 3 aromatic rings. The number of halogens is 1. The smallest absolute Gasteiger partial charge is 0.262 e. The number of benzene rings is 2. The molecule has 2 atom stereocenters. The predicted molar refractivity (Wildman–Crippen MR) is 156 cm³/mol. The van der Waals surface area contributed by atoms with Crippen LogP contribution in [0.25, 0.3) is 11.3 Å². The summed E-state index contributed by atoms with van der Waals surface area (Å²) in [6, 6.07) is 14.3. The van der Waals surface area contributed by atoms with E-state index >= 15 is 4.39 Å². The third-order valence-corrected chi connectivity index (χ3v) is 9.20. The van der Waals surface area contributed by atoms with Gasteiger partial charge in [-0.25, -0.2) is 14.4 Å². The predicted octanol–water partition coefficient (Wildman–Crippen LogP) is 7.29. The maximum Gasteiger partial charge on any atom is 0.262 e. The molecule has 0 radical (unpaired) electrons. The molecule has 1 aliphatic heterocycles. The van der Waals surface area contributed by atoms with Crippen molar-refractivity contribution in [1.82, 2.24) is 9.97 Å². The van der Waals surface area contributed by atoms with Crippen LogP contribution in [0.5, 0.6) is 5.75 Å². The molecule has 1 amide bonds. The average molecular weight is 543 g/mol. The Kier molecular flexibility index (Phi) is 7.98. The maximum absolute atomic E-state index is 15.3. The maximum atomic E-state index is 15.3. The van der Waals surface area contributed by atoms with Crippen LogP contribution >= 0.6 is 0 Å². The van der Waals surface area contributed by atoms with E-state index in [4.69, 9.17) is 14.7 Å². The molecule has 2 aliphatic carbocycles. The summed E-state index contributed by atoms with van der Waals surface area (Å²) < 4.78 is 20.8. The van der Waals surface area contributed by atoms with E-state index in [1.54, 1.807) is 31.5 Å². The Morgan fingerprint density at radius 1 is 0.950 bits per heavy atom. The van der Waals surface area contributed by atoms with Gasteiger partial charge in [0.25, 0.3) is 5.91 Å². The van der Waals surface area contributed by atoms with Gasteiger partial charge in [-0.2, -0.15) is 0 Å². The summed E-state index contributed by atoms with van der Waals surface area (Å²) in [5, 5.41) is 0. The van der Waals surface area contributed by atoms with Gasteiger partial charge in [0.15, 0.2) is 0 Å². The first-order valence-corrected chi connectivity index (χ1v) is 15.0. The molecule has 0 bridgehead atoms. The second kappa shape index (κ2) is 11.9. The summed E-state index contributed by atoms with van der Waals surface area (Å²) in [6.07, 6.45) is 13.1. The Morgan fingerprint density at radius 2 is 1.73 bits per heavy atom. The molecule has 7 heteroatoms. The number of carbonyl (C=O) groups excluding carboxylic acids is 1. The number of nitrogens with zero attached hydrogens (tertiary/aromatic N) is 4. The van der Waals surface area contributed by atoms with E-state index < -0.39 is 5.82 Å². The fraction of sp³-hybridized carbons (Fsp3) is 0.485. The van der Waals surface area contributed by atoms with Crippen LogP contribution in [-0.4, -0.2) is 42.1 Å². The van der Waals surface area contributed by atoms with Crippen molar-refractivity contribution in [3.05, 3.63) is 66.1 Å². The fourth-order valence-corrected chi connectivity index (χ4v) is 7.05. The molecular weight excluding hydrogens is 503 g/mol. The number of aromatic nitrogens is 2. The first-order valence-electron chi connectivity index (χ1n) is 15.0. The molecule has 0 N–H and O–H groups in total. The summed E-state index contributed by atoms with van der Waals surface area (Å²) in [7, 11) is 1.63. The van der Waals surface area contributed by atoms with Crippen LogP contribution < -0.4 is 14.5 Å². The Morgan fingerprint density at radius 3 is 2.52 bits per heavy atom. The standard InChI is InChI=1S/C33H39FN4O2/c1-40-27-15-9-14-26(20-27)38(25-12-3-2-4-13-25)32(39)29-21-35-33(36-31(29)28-16-7-8-17-30(28)34)37-19-18-23-10-5-6-11-24(23)22-37/h7-9,14-17,20-21,23-25H,2-6,10-13,18-19,22H2,1H3. The van der Waals surface area contributed by atoms with Crippen molar-refractivity contribution in [3.8, 4) is 17.0 Å². The second-order valence-corrected chi connectivity index (χ2v) is 11.6. The van der Waals surface area contributed by atoms with E-state index in [-0.39, 0.29) is 11.9 Å². The SMILES string of the molecule is COc1cccc(N(C(=O)c2cnc(N3CCC4CCCCC4C3)nc2-c2ccccc2F)C2CCCCC2)c1. The van der Waals surface area contributed by atoms with Gasteiger partial charge in [-0.1, -0.05) is 56.7 Å². The number of hydrogen-bond acceptors (Lipinski definition) is 5. The first-order chi connectivity index (χ1) is 19.6. The van der Waals surface area contributed by atoms with Crippen molar-refractivity contribution in [2.75, 3.05) is 30.0 Å². The quantitative estimate of drug-likeness (QED) is 0.327. The van der Waals surface area contributed by atoms with Gasteiger partial charge < -0.3 is 14.5 Å². The van der Waals surface area contributed by atoms with Crippen LogP contribution in [0.15, 0.2) is 54.7 Å². The molecule has 6 rings (SSSR count). The summed E-state index contributed by atoms with van der Waals surface area (Å²) >= 11 is 0. The average Bonchev–Trinajstić information content (AvgIpc) is 3.01. The van der Waals surface area contributed by atoms with E-state index in [1.807, 2.05) is 29.2 Å². The van der Waals surface area contributed by atoms with Crippen molar-refractivity contribution in [2.24, 2.45) is 11.8 Å². The lowest BCUT2D eigenvalue weighted by Crippen LogP contribution is -2.43. The Labute approximate surface area is 236 Å². The summed E-state index contributed by atoms with van der Waals surface area (Å²) in [4.78, 5) is 28.3. The van der Waals surface area contributed by atoms with Gasteiger partial charge in [0.1, 0.15) is 11.6 Å². The highest BCUT2D eigenvalue weighted by Crippen LogP contribution is 2.38. The van der Waals surface area contributed by atoms with Gasteiger partial charge in [0.05, 0.1) is 18.4 Å². The minimum absolute atomic E-state index is 0.0480. The number of carbonyl (C=O) groups is 1. The number of fused-ring (bicyclic) bond motifs is 1. The highest BCUT2D eigenvalue weighted by Gasteiger charge is 2.34. The second-order valence-electron chi connectivity index (χ2n) is 11.6. The number of ether oxygens (including phenoxy) is 1. The van der Waals surface area contributed by atoms with Gasteiger partial charge in [-0.15, -0.1) is 0 Å². The van der Waals surface area contributed by atoms with Crippen molar-refractivity contribution in [2.45, 2.75) is 70.3 Å². The molecule has 3 aliphatic rings. The molecule has 6 nitrogen and oxygen atoms in total. The number of rotatable bonds is 6. The molecular formula is C33H39FN4O2. The highest BCUT2D eigenvalue weighted by molar-refractivity contribution is 6.10. The van der Waals surface area contributed by atoms with E-state index in [0.717, 1.165) is 56.8 Å². The minimum Gasteiger partial charge on any atom is -0.497 e. The zero-order valence-electron chi connectivity index (χ0n) is 23.4. The third-order valence-electron chi connectivity index (χ3n) is 9.20. The van der Waals surface area contributed by atoms with Crippen LogP contribution in [0.4, 0.5) is 16.0 Å². The van der Waals surface area contributed by atoms with Gasteiger partial charge in [-0.3, -0.25) is 4.79 Å². The Bertz CT molecular complexity index is 1340. The number of hydrogen-bond donors (Lipinski definition) is 0. The van der Waals surface area contributed by atoms with E-state index in [2.05, 4.69) is 4.90 Å². The lowest BCUT2D eigenvalue weighted by atomic mass is 9.75. The van der Waals surface area contributed by atoms with Crippen LogP contribution in [-0.2, 0) is 0 Å². The molecule has 2 unspecified atom stereocenters. The number of piperidine rings is 1. The van der Waals surface area contributed by atoms with E-state index in [1.165, 1.54) is 38.2 Å². The fourth-order valence-electron chi connectivity index (χ4n) is 7.05. The minimum atomic E-state index is -0.391. The van der Waals surface area contributed by atoms with Crippen molar-refractivity contribution in [3.63, 3.8) is 0 Å². The summed E-state index contributed by atoms with van der Waals surface area (Å²) in [6.45, 7) is 1.82. The Hall–Kier alpha value is -3.48. The van der Waals surface area contributed by atoms with Crippen LogP contribution in [0.2, 0.25) is 0 Å². The molecule has 0 spiro atoms. The van der Waals surface area contributed by atoms with Gasteiger partial charge in [-0.05, 0) is 61.8 Å². The molecule has 40 heavy (non-hydrogen) atoms. The summed E-state index contributed by atoms with van der Waals surface area (Å²) in [5.41, 5.74) is 1.80. The van der Waals surface area contributed by atoms with Crippen molar-refractivity contribution < 1.29 is 13.9 Å². The number of methoxy groups -OCH3 is 1. The molecule has 2 aromatic carbocycles. The van der Waals surface area contributed by atoms with Crippen LogP contribution in [0, 0.1) is 17.7 Å². The van der Waals surface area contributed by atoms with Gasteiger partial charge in [0.2, 0.25) is 5.95 Å². The lowest BCUT2D eigenvalue weighted by molar-refractivity contribution is 0.0970. The first kappa shape index (κ1) is 26.7. The zero-order valence-corrected chi connectivity index (χ0v) is 23.4. The number of anilines is 2. The van der Waals surface area contributed by atoms with Gasteiger partial charge in [0, 0.05) is 42.6 Å². The molecule has 2 heterocycles. The monoisotopic (exact) mass is 542 g/mol. The van der Waals surface area contributed by atoms with E-state index in [9.17, 15) is 4.79 Å². The third kappa shape index (κ3) is 5.43. The van der Waals surface area contributed by atoms with Gasteiger partial charge >= 0.3 is 0 Å². The van der Waals surface area contributed by atoms with Crippen molar-refractivity contribution in [1.29, 1.82) is 0 Å². The summed E-state index contributed by atoms with van der Waals surface area (Å²) in [5.74, 6) is 2.12. The van der Waals surface area contributed by atoms with Crippen LogP contribution in [0.1, 0.15) is 74.6 Å². The molecule has 1 aromatic heterocycles. The van der Waals surface area contributed by atoms with Crippen molar-refractivity contribution >= 4 is 17.5 Å².